The monoisotopic (exact) mass is 788 g/mol. The smallest absolute Gasteiger partial charge is 0.258 e. The van der Waals surface area contributed by atoms with Crippen molar-refractivity contribution in [2.75, 3.05) is 0 Å². The molecule has 0 bridgehead atoms. The Bertz CT molecular complexity index is 2980. The molecule has 6 nitrogen and oxygen atoms in total. The molecule has 0 saturated heterocycles. The summed E-state index contributed by atoms with van der Waals surface area (Å²) < 4.78 is 14.4. The molecule has 2 aliphatic heterocycles. The zero-order valence-corrected chi connectivity index (χ0v) is 37.1. The fraction of sp³-hybridized carbons (Fsp3) is 0.283. The number of pyridine rings is 2. The van der Waals surface area contributed by atoms with Gasteiger partial charge in [0.1, 0.15) is 22.7 Å². The summed E-state index contributed by atoms with van der Waals surface area (Å²) in [6.07, 6.45) is 8.26. The van der Waals surface area contributed by atoms with Gasteiger partial charge in [0.15, 0.2) is 0 Å². The minimum Gasteiger partial charge on any atom is -0.482 e. The number of aromatic nitrogens is 2. The number of ether oxygens (including phenoxy) is 2. The molecule has 0 atom stereocenters. The lowest BCUT2D eigenvalue weighted by atomic mass is 9.92. The van der Waals surface area contributed by atoms with Gasteiger partial charge in [0.05, 0.1) is 11.0 Å². The molecular weight excluding hydrogens is 729 g/mol. The minimum absolute atomic E-state index is 0.0174. The van der Waals surface area contributed by atoms with Gasteiger partial charge in [-0.25, -0.2) is 0 Å². The van der Waals surface area contributed by atoms with Crippen molar-refractivity contribution in [1.29, 1.82) is 0 Å². The van der Waals surface area contributed by atoms with Gasteiger partial charge in [0.2, 0.25) is 0 Å². The Morgan fingerprint density at radius 1 is 0.475 bits per heavy atom. The summed E-state index contributed by atoms with van der Waals surface area (Å²) in [6, 6.07) is 32.1. The maximum absolute atomic E-state index is 13.0. The summed E-state index contributed by atoms with van der Waals surface area (Å²) in [6.45, 7) is 24.2. The molecule has 2 aromatic heterocycles. The fourth-order valence-electron chi connectivity index (χ4n) is 7.82. The van der Waals surface area contributed by atoms with E-state index in [2.05, 4.69) is 47.5 Å². The van der Waals surface area contributed by atoms with E-state index in [4.69, 9.17) is 9.47 Å². The van der Waals surface area contributed by atoms with Crippen LogP contribution < -0.4 is 20.6 Å². The van der Waals surface area contributed by atoms with Gasteiger partial charge in [-0.3, -0.25) is 9.59 Å². The SMILES string of the molecule is CC.CC.CC.CC.CC1(C)C=Cc2c(c3ccccc3c3c2[nH]c(=O)c2ccccc23)O1.Cn1c(=O)c2ccccc2c2c3ccccc3c3c(c21)C=CC(C)(C)O3. The quantitative estimate of drug-likeness (QED) is 0.155. The van der Waals surface area contributed by atoms with Crippen LogP contribution in [0.4, 0.5) is 0 Å². The minimum atomic E-state index is -0.376. The molecule has 0 fully saturated rings. The highest BCUT2D eigenvalue weighted by atomic mass is 16.5. The molecule has 0 aliphatic carbocycles. The highest BCUT2D eigenvalue weighted by molar-refractivity contribution is 6.24. The number of rotatable bonds is 0. The number of aromatic amines is 1. The number of nitrogens with zero attached hydrogens (tertiary/aromatic N) is 1. The highest BCUT2D eigenvalue weighted by Crippen LogP contribution is 2.45. The molecule has 6 heteroatoms. The first kappa shape index (κ1) is 44.0. The molecule has 0 unspecified atom stereocenters. The van der Waals surface area contributed by atoms with E-state index in [0.29, 0.717) is 5.39 Å². The lowest BCUT2D eigenvalue weighted by Crippen LogP contribution is -2.28. The third kappa shape index (κ3) is 7.89. The van der Waals surface area contributed by atoms with Gasteiger partial charge in [0, 0.05) is 50.5 Å². The van der Waals surface area contributed by atoms with E-state index in [0.717, 1.165) is 82.1 Å². The van der Waals surface area contributed by atoms with Gasteiger partial charge in [-0.2, -0.15) is 0 Å². The van der Waals surface area contributed by atoms with Crippen LogP contribution >= 0.6 is 0 Å². The number of aryl methyl sites for hydroxylation is 1. The van der Waals surface area contributed by atoms with Crippen LogP contribution in [0.3, 0.4) is 0 Å². The molecular formula is C53H60N2O4. The van der Waals surface area contributed by atoms with E-state index >= 15 is 0 Å². The predicted molar refractivity (Wildman–Crippen MR) is 257 cm³/mol. The zero-order chi connectivity index (χ0) is 43.2. The molecule has 306 valence electrons. The largest absolute Gasteiger partial charge is 0.482 e. The summed E-state index contributed by atoms with van der Waals surface area (Å²) in [5, 5.41) is 9.93. The summed E-state index contributed by atoms with van der Waals surface area (Å²) >= 11 is 0. The molecule has 1 N–H and O–H groups in total. The van der Waals surface area contributed by atoms with Crippen molar-refractivity contribution >= 4 is 77.0 Å². The van der Waals surface area contributed by atoms with Crippen molar-refractivity contribution in [1.82, 2.24) is 9.55 Å². The van der Waals surface area contributed by atoms with Gasteiger partial charge >= 0.3 is 0 Å². The van der Waals surface area contributed by atoms with Crippen molar-refractivity contribution in [3.63, 3.8) is 0 Å². The molecule has 0 saturated carbocycles. The Labute approximate surface area is 348 Å². The molecule has 8 aromatic rings. The first-order valence-corrected chi connectivity index (χ1v) is 21.2. The zero-order valence-electron chi connectivity index (χ0n) is 37.1. The van der Waals surface area contributed by atoms with Crippen LogP contribution in [0.15, 0.2) is 119 Å². The van der Waals surface area contributed by atoms with Crippen LogP contribution in [-0.4, -0.2) is 20.8 Å². The number of fused-ring (bicyclic) bond motifs is 16. The molecule has 6 aromatic carbocycles. The summed E-state index contributed by atoms with van der Waals surface area (Å²) in [5.41, 5.74) is 2.87. The van der Waals surface area contributed by atoms with Gasteiger partial charge in [-0.15, -0.1) is 0 Å². The first-order valence-electron chi connectivity index (χ1n) is 21.2. The van der Waals surface area contributed by atoms with Crippen LogP contribution in [-0.2, 0) is 7.05 Å². The van der Waals surface area contributed by atoms with E-state index in [1.165, 1.54) is 0 Å². The third-order valence-corrected chi connectivity index (χ3v) is 10.2. The maximum atomic E-state index is 13.0. The van der Waals surface area contributed by atoms with Crippen LogP contribution in [0.2, 0.25) is 0 Å². The van der Waals surface area contributed by atoms with Crippen molar-refractivity contribution in [2.24, 2.45) is 7.05 Å². The summed E-state index contributed by atoms with van der Waals surface area (Å²) in [4.78, 5) is 28.7. The number of hydrogen-bond acceptors (Lipinski definition) is 4. The normalized spacial score (nSPS) is 13.7. The van der Waals surface area contributed by atoms with Gasteiger partial charge in [0.25, 0.3) is 11.1 Å². The number of hydrogen-bond donors (Lipinski definition) is 1. The van der Waals surface area contributed by atoms with Crippen LogP contribution in [0.5, 0.6) is 11.5 Å². The van der Waals surface area contributed by atoms with Crippen molar-refractivity contribution in [3.05, 3.63) is 141 Å². The lowest BCUT2D eigenvalue weighted by Gasteiger charge is -2.30. The highest BCUT2D eigenvalue weighted by Gasteiger charge is 2.28. The van der Waals surface area contributed by atoms with Crippen molar-refractivity contribution in [3.8, 4) is 11.5 Å². The molecule has 0 amide bonds. The van der Waals surface area contributed by atoms with E-state index in [1.54, 1.807) is 4.57 Å². The lowest BCUT2D eigenvalue weighted by molar-refractivity contribution is 0.161. The first-order chi connectivity index (χ1) is 28.5. The second kappa shape index (κ2) is 18.2. The Hall–Kier alpha value is -6.14. The Balaban J connectivity index is 0.000000192. The summed E-state index contributed by atoms with van der Waals surface area (Å²) in [7, 11) is 1.85. The molecule has 0 radical (unpaired) electrons. The Morgan fingerprint density at radius 2 is 0.831 bits per heavy atom. The molecule has 4 heterocycles. The van der Waals surface area contributed by atoms with Crippen LogP contribution in [0, 0.1) is 0 Å². The maximum Gasteiger partial charge on any atom is 0.258 e. The Kier molecular flexibility index (Phi) is 13.6. The Morgan fingerprint density at radius 3 is 1.32 bits per heavy atom. The molecule has 2 aliphatic rings. The van der Waals surface area contributed by atoms with Crippen LogP contribution in [0.25, 0.3) is 77.0 Å². The van der Waals surface area contributed by atoms with Crippen molar-refractivity contribution < 1.29 is 9.47 Å². The van der Waals surface area contributed by atoms with Gasteiger partial charge in [-0.05, 0) is 85.7 Å². The molecule has 59 heavy (non-hydrogen) atoms. The van der Waals surface area contributed by atoms with Gasteiger partial charge in [-0.1, -0.05) is 140 Å². The second-order valence-corrected chi connectivity index (χ2v) is 14.5. The standard InChI is InChI=1S/C23H19NO2.C22H17NO2.4C2H6/c1-23(2)13-12-18-20-19(14-8-4-6-10-16(14)21(18)26-23)15-9-5-7-11-17(15)22(25)24(20)3;1-22(2)12-11-17-19-18(13-7-3-5-9-15(13)20(17)25-22)14-8-4-6-10-16(14)21(24)23-19;4*1-2/h4-13H,1-3H3;3-12H,1-2H3,(H,23,24);4*1-2H3. The second-order valence-electron chi connectivity index (χ2n) is 14.5. The predicted octanol–water partition coefficient (Wildman–Crippen LogP) is 14.2. The topological polar surface area (TPSA) is 73.3 Å². The van der Waals surface area contributed by atoms with E-state index in [1.807, 2.05) is 169 Å². The summed E-state index contributed by atoms with van der Waals surface area (Å²) in [5.74, 6) is 1.69. The van der Waals surface area contributed by atoms with Crippen LogP contribution in [0.1, 0.15) is 94.2 Å². The molecule has 10 rings (SSSR count). The van der Waals surface area contributed by atoms with Gasteiger partial charge < -0.3 is 19.0 Å². The van der Waals surface area contributed by atoms with E-state index in [9.17, 15) is 9.59 Å². The van der Waals surface area contributed by atoms with E-state index in [-0.39, 0.29) is 22.3 Å². The third-order valence-electron chi connectivity index (χ3n) is 10.2. The number of H-pyrrole nitrogens is 1. The van der Waals surface area contributed by atoms with E-state index < -0.39 is 0 Å². The fourth-order valence-corrected chi connectivity index (χ4v) is 7.82. The van der Waals surface area contributed by atoms with Crippen molar-refractivity contribution in [2.45, 2.75) is 94.3 Å². The number of nitrogens with one attached hydrogen (secondary N) is 1. The average molecular weight is 789 g/mol. The number of benzene rings is 6. The average Bonchev–Trinajstić information content (AvgIpc) is 3.27. The molecule has 0 spiro atoms.